The highest BCUT2D eigenvalue weighted by molar-refractivity contribution is 6.15. The van der Waals surface area contributed by atoms with E-state index in [4.69, 9.17) is 9.47 Å². The number of benzene rings is 1. The Labute approximate surface area is 198 Å². The second-order valence-corrected chi connectivity index (χ2v) is 8.52. The number of aryl methyl sites for hydroxylation is 2. The molecule has 1 saturated carbocycles. The van der Waals surface area contributed by atoms with Crippen molar-refractivity contribution in [2.24, 2.45) is 5.92 Å². The van der Waals surface area contributed by atoms with Gasteiger partial charge in [-0.25, -0.2) is 14.4 Å². The van der Waals surface area contributed by atoms with Gasteiger partial charge in [-0.3, -0.25) is 14.4 Å². The number of hydrogen-bond donors (Lipinski definition) is 0. The molecule has 2 atom stereocenters. The number of Topliss-reactive ketones (excluding diaryl/α,β-unsaturated/α-hetero) is 2. The topological polar surface area (TPSA) is 98.7 Å². The first-order chi connectivity index (χ1) is 16.3. The van der Waals surface area contributed by atoms with Crippen LogP contribution in [0, 0.1) is 25.6 Å². The number of methoxy groups -OCH3 is 2. The van der Waals surface area contributed by atoms with E-state index in [1.807, 2.05) is 13.8 Å². The first-order valence-corrected chi connectivity index (χ1v) is 11.2. The molecule has 1 fully saturated rings. The average Bonchev–Trinajstić information content (AvgIpc) is 3.06. The molecule has 0 bridgehead atoms. The Hall–Kier alpha value is -3.04. The predicted molar refractivity (Wildman–Crippen MR) is 123 cm³/mol. The quantitative estimate of drug-likeness (QED) is 0.491. The standard InChI is InChI=1S/C25H30FN3O5/c1-15-9-18(25-27-13-19(26)14-28-25)10-16(2)22(15)23-20(30)11-17(24(23)32)12-21(31)29(5-7-33-3)6-8-34-4/h9-10,13-14,17,23H,5-8,11-12H2,1-4H3. The van der Waals surface area contributed by atoms with Crippen LogP contribution in [0.1, 0.15) is 35.4 Å². The third kappa shape index (κ3) is 5.71. The van der Waals surface area contributed by atoms with E-state index in [0.717, 1.165) is 23.5 Å². The smallest absolute Gasteiger partial charge is 0.223 e. The second kappa shape index (κ2) is 11.4. The molecule has 0 radical (unpaired) electrons. The van der Waals surface area contributed by atoms with Gasteiger partial charge in [0.2, 0.25) is 5.91 Å². The van der Waals surface area contributed by atoms with E-state index >= 15 is 0 Å². The number of rotatable bonds is 10. The van der Waals surface area contributed by atoms with Crippen molar-refractivity contribution < 1.29 is 28.2 Å². The predicted octanol–water partition coefficient (Wildman–Crippen LogP) is 2.65. The first-order valence-electron chi connectivity index (χ1n) is 11.2. The average molecular weight is 472 g/mol. The lowest BCUT2D eigenvalue weighted by Gasteiger charge is -2.23. The van der Waals surface area contributed by atoms with Crippen LogP contribution in [0.25, 0.3) is 11.4 Å². The van der Waals surface area contributed by atoms with Crippen LogP contribution in [0.5, 0.6) is 0 Å². The van der Waals surface area contributed by atoms with Gasteiger partial charge in [-0.1, -0.05) is 0 Å². The zero-order valence-corrected chi connectivity index (χ0v) is 20.0. The number of aromatic nitrogens is 2. The van der Waals surface area contributed by atoms with Crippen LogP contribution >= 0.6 is 0 Å². The molecule has 2 aromatic rings. The van der Waals surface area contributed by atoms with Gasteiger partial charge in [0.15, 0.2) is 17.4 Å². The van der Waals surface area contributed by atoms with Crippen molar-refractivity contribution >= 4 is 17.5 Å². The van der Waals surface area contributed by atoms with Crippen molar-refractivity contribution in [3.8, 4) is 11.4 Å². The lowest BCUT2D eigenvalue weighted by atomic mass is 9.86. The molecule has 1 amide bonds. The van der Waals surface area contributed by atoms with E-state index in [9.17, 15) is 18.8 Å². The molecule has 1 heterocycles. The first kappa shape index (κ1) is 25.6. The fourth-order valence-electron chi connectivity index (χ4n) is 4.46. The molecule has 0 saturated heterocycles. The summed E-state index contributed by atoms with van der Waals surface area (Å²) in [6.07, 6.45) is 2.21. The number of nitrogens with zero attached hydrogens (tertiary/aromatic N) is 3. The summed E-state index contributed by atoms with van der Waals surface area (Å²) >= 11 is 0. The maximum Gasteiger partial charge on any atom is 0.223 e. The summed E-state index contributed by atoms with van der Waals surface area (Å²) in [5.74, 6) is -2.32. The molecule has 0 spiro atoms. The van der Waals surface area contributed by atoms with Gasteiger partial charge >= 0.3 is 0 Å². The maximum atomic E-state index is 13.3. The van der Waals surface area contributed by atoms with Gasteiger partial charge in [-0.05, 0) is 42.7 Å². The summed E-state index contributed by atoms with van der Waals surface area (Å²) < 4.78 is 23.3. The zero-order valence-electron chi connectivity index (χ0n) is 20.0. The number of carbonyl (C=O) groups is 3. The van der Waals surface area contributed by atoms with Gasteiger partial charge in [-0.15, -0.1) is 0 Å². The zero-order chi connectivity index (χ0) is 24.8. The minimum atomic E-state index is -0.896. The molecule has 34 heavy (non-hydrogen) atoms. The van der Waals surface area contributed by atoms with E-state index in [0.29, 0.717) is 43.3 Å². The Kier molecular flexibility index (Phi) is 8.57. The monoisotopic (exact) mass is 471 g/mol. The van der Waals surface area contributed by atoms with Crippen molar-refractivity contribution in [2.45, 2.75) is 32.6 Å². The fraction of sp³-hybridized carbons (Fsp3) is 0.480. The molecule has 0 N–H and O–H groups in total. The van der Waals surface area contributed by atoms with E-state index in [-0.39, 0.29) is 30.3 Å². The van der Waals surface area contributed by atoms with Gasteiger partial charge in [0.1, 0.15) is 11.7 Å². The summed E-state index contributed by atoms with van der Waals surface area (Å²) in [5, 5.41) is 0. The molecule has 9 heteroatoms. The third-order valence-electron chi connectivity index (χ3n) is 6.12. The Balaban J connectivity index is 1.80. The molecule has 182 valence electrons. The number of hydrogen-bond acceptors (Lipinski definition) is 7. The lowest BCUT2D eigenvalue weighted by Crippen LogP contribution is -2.38. The molecular formula is C25H30FN3O5. The van der Waals surface area contributed by atoms with Crippen LogP contribution < -0.4 is 0 Å². The van der Waals surface area contributed by atoms with E-state index < -0.39 is 17.7 Å². The summed E-state index contributed by atoms with van der Waals surface area (Å²) in [5.41, 5.74) is 2.84. The van der Waals surface area contributed by atoms with Gasteiger partial charge in [0, 0.05) is 51.6 Å². The highest BCUT2D eigenvalue weighted by Gasteiger charge is 2.44. The fourth-order valence-corrected chi connectivity index (χ4v) is 4.46. The molecule has 2 unspecified atom stereocenters. The minimum Gasteiger partial charge on any atom is -0.383 e. The van der Waals surface area contributed by atoms with Gasteiger partial charge in [0.05, 0.1) is 25.6 Å². The number of halogens is 1. The summed E-state index contributed by atoms with van der Waals surface area (Å²) in [4.78, 5) is 48.7. The minimum absolute atomic E-state index is 0.0197. The molecule has 1 aliphatic rings. The largest absolute Gasteiger partial charge is 0.383 e. The number of amides is 1. The Morgan fingerprint density at radius 1 is 1.06 bits per heavy atom. The molecule has 8 nitrogen and oxygen atoms in total. The highest BCUT2D eigenvalue weighted by Crippen LogP contribution is 2.38. The Morgan fingerprint density at radius 3 is 2.15 bits per heavy atom. The lowest BCUT2D eigenvalue weighted by molar-refractivity contribution is -0.136. The van der Waals surface area contributed by atoms with Crippen LogP contribution in [0.15, 0.2) is 24.5 Å². The molecule has 3 rings (SSSR count). The van der Waals surface area contributed by atoms with Crippen LogP contribution in [-0.4, -0.2) is 72.9 Å². The summed E-state index contributed by atoms with van der Waals surface area (Å²) in [7, 11) is 3.11. The van der Waals surface area contributed by atoms with Gasteiger partial charge in [-0.2, -0.15) is 0 Å². The Morgan fingerprint density at radius 2 is 1.62 bits per heavy atom. The molecule has 1 aliphatic carbocycles. The number of carbonyl (C=O) groups excluding carboxylic acids is 3. The third-order valence-corrected chi connectivity index (χ3v) is 6.12. The van der Waals surface area contributed by atoms with Crippen LogP contribution in [0.4, 0.5) is 4.39 Å². The van der Waals surface area contributed by atoms with Crippen molar-refractivity contribution in [1.29, 1.82) is 0 Å². The van der Waals surface area contributed by atoms with Crippen LogP contribution in [-0.2, 0) is 23.9 Å². The number of ether oxygens (including phenoxy) is 2. The highest BCUT2D eigenvalue weighted by atomic mass is 19.1. The van der Waals surface area contributed by atoms with Crippen molar-refractivity contribution in [1.82, 2.24) is 14.9 Å². The van der Waals surface area contributed by atoms with Gasteiger partial charge < -0.3 is 14.4 Å². The maximum absolute atomic E-state index is 13.3. The van der Waals surface area contributed by atoms with E-state index in [1.54, 1.807) is 31.3 Å². The molecule has 0 aliphatic heterocycles. The second-order valence-electron chi connectivity index (χ2n) is 8.52. The number of ketones is 2. The Bertz CT molecular complexity index is 1030. The summed E-state index contributed by atoms with van der Waals surface area (Å²) in [6.45, 7) is 5.18. The van der Waals surface area contributed by atoms with Crippen molar-refractivity contribution in [3.05, 3.63) is 47.0 Å². The molecule has 1 aromatic carbocycles. The van der Waals surface area contributed by atoms with Crippen molar-refractivity contribution in [2.75, 3.05) is 40.5 Å². The van der Waals surface area contributed by atoms with Crippen LogP contribution in [0.2, 0.25) is 0 Å². The van der Waals surface area contributed by atoms with E-state index in [1.165, 1.54) is 0 Å². The molecular weight excluding hydrogens is 441 g/mol. The van der Waals surface area contributed by atoms with Gasteiger partial charge in [0.25, 0.3) is 0 Å². The summed E-state index contributed by atoms with van der Waals surface area (Å²) in [6, 6.07) is 3.59. The van der Waals surface area contributed by atoms with E-state index in [2.05, 4.69) is 9.97 Å². The normalized spacial score (nSPS) is 17.9. The molecule has 1 aromatic heterocycles. The van der Waals surface area contributed by atoms with Crippen molar-refractivity contribution in [3.63, 3.8) is 0 Å². The van der Waals surface area contributed by atoms with Crippen LogP contribution in [0.3, 0.4) is 0 Å². The SMILES string of the molecule is COCCN(CCOC)C(=O)CC1CC(=O)C(c2c(C)cc(-c3ncc(F)cn3)cc2C)C1=O.